The van der Waals surface area contributed by atoms with Crippen LogP contribution < -0.4 is 15.5 Å². The van der Waals surface area contributed by atoms with Gasteiger partial charge in [-0.25, -0.2) is 4.79 Å². The van der Waals surface area contributed by atoms with Crippen LogP contribution in [0.3, 0.4) is 0 Å². The van der Waals surface area contributed by atoms with Crippen LogP contribution >= 0.6 is 0 Å². The minimum absolute atomic E-state index is 0.0261. The van der Waals surface area contributed by atoms with Crippen LogP contribution in [0, 0.1) is 13.8 Å². The number of hydrogen-bond donors (Lipinski definition) is 2. The Labute approximate surface area is 141 Å². The summed E-state index contributed by atoms with van der Waals surface area (Å²) in [5.74, 6) is 0.0261. The Bertz CT molecular complexity index is 758. The molecule has 124 valence electrons. The number of benzene rings is 2. The van der Waals surface area contributed by atoms with Gasteiger partial charge in [-0.05, 0) is 43.2 Å². The highest BCUT2D eigenvalue weighted by molar-refractivity contribution is 5.97. The molecular formula is C19H21N3O2. The van der Waals surface area contributed by atoms with Crippen LogP contribution in [0.4, 0.5) is 16.2 Å². The average Bonchev–Trinajstić information content (AvgIpc) is 2.92. The van der Waals surface area contributed by atoms with Gasteiger partial charge in [0.15, 0.2) is 0 Å². The van der Waals surface area contributed by atoms with Crippen molar-refractivity contribution < 1.29 is 9.59 Å². The number of anilines is 2. The van der Waals surface area contributed by atoms with Gasteiger partial charge in [-0.1, -0.05) is 30.3 Å². The van der Waals surface area contributed by atoms with E-state index in [-0.39, 0.29) is 18.0 Å². The van der Waals surface area contributed by atoms with Crippen LogP contribution in [0.25, 0.3) is 0 Å². The monoisotopic (exact) mass is 323 g/mol. The summed E-state index contributed by atoms with van der Waals surface area (Å²) in [6.45, 7) is 4.42. The summed E-state index contributed by atoms with van der Waals surface area (Å²) in [6.07, 6.45) is 0.315. The zero-order chi connectivity index (χ0) is 17.1. The van der Waals surface area contributed by atoms with Crippen LogP contribution in [0.2, 0.25) is 0 Å². The van der Waals surface area contributed by atoms with Crippen LogP contribution in [0.1, 0.15) is 17.5 Å². The maximum absolute atomic E-state index is 12.2. The Kier molecular flexibility index (Phi) is 4.51. The molecule has 0 bridgehead atoms. The first-order valence-corrected chi connectivity index (χ1v) is 8.03. The molecule has 0 radical (unpaired) electrons. The second kappa shape index (κ2) is 6.74. The Hall–Kier alpha value is -2.82. The van der Waals surface area contributed by atoms with Gasteiger partial charge in [0, 0.05) is 24.3 Å². The second-order valence-electron chi connectivity index (χ2n) is 6.16. The van der Waals surface area contributed by atoms with E-state index in [1.807, 2.05) is 62.4 Å². The lowest BCUT2D eigenvalue weighted by molar-refractivity contribution is -0.117. The number of carbonyl (C=O) groups is 2. The first kappa shape index (κ1) is 16.1. The van der Waals surface area contributed by atoms with Gasteiger partial charge < -0.3 is 15.5 Å². The summed E-state index contributed by atoms with van der Waals surface area (Å²) in [7, 11) is 0. The molecule has 5 heteroatoms. The molecular weight excluding hydrogens is 302 g/mol. The van der Waals surface area contributed by atoms with E-state index < -0.39 is 0 Å². The van der Waals surface area contributed by atoms with Crippen molar-refractivity contribution in [3.63, 3.8) is 0 Å². The van der Waals surface area contributed by atoms with Crippen LogP contribution in [-0.2, 0) is 4.79 Å². The molecule has 2 aromatic carbocycles. The predicted molar refractivity (Wildman–Crippen MR) is 95.3 cm³/mol. The van der Waals surface area contributed by atoms with Crippen molar-refractivity contribution in [2.24, 2.45) is 0 Å². The van der Waals surface area contributed by atoms with Crippen molar-refractivity contribution in [2.75, 3.05) is 16.8 Å². The molecule has 3 amide bonds. The molecule has 5 nitrogen and oxygen atoms in total. The third kappa shape index (κ3) is 3.56. The van der Waals surface area contributed by atoms with Gasteiger partial charge in [-0.15, -0.1) is 0 Å². The number of aryl methyl sites for hydroxylation is 2. The van der Waals surface area contributed by atoms with Crippen LogP contribution in [0.5, 0.6) is 0 Å². The SMILES string of the molecule is Cc1ccc(C)c(NC(=O)NC2CC(=O)N(c3ccccc3)C2)c1. The minimum atomic E-state index is -0.281. The van der Waals surface area contributed by atoms with Gasteiger partial charge in [0.25, 0.3) is 0 Å². The number of nitrogens with one attached hydrogen (secondary N) is 2. The molecule has 1 heterocycles. The molecule has 0 aromatic heterocycles. The normalized spacial score (nSPS) is 17.0. The van der Waals surface area contributed by atoms with E-state index in [4.69, 9.17) is 0 Å². The molecule has 1 aliphatic rings. The van der Waals surface area contributed by atoms with Crippen molar-refractivity contribution in [3.05, 3.63) is 59.7 Å². The molecule has 1 saturated heterocycles. The number of carbonyl (C=O) groups excluding carboxylic acids is 2. The zero-order valence-corrected chi connectivity index (χ0v) is 13.9. The fourth-order valence-corrected chi connectivity index (χ4v) is 2.88. The lowest BCUT2D eigenvalue weighted by Gasteiger charge is -2.17. The van der Waals surface area contributed by atoms with Crippen molar-refractivity contribution >= 4 is 23.3 Å². The van der Waals surface area contributed by atoms with E-state index in [0.29, 0.717) is 13.0 Å². The smallest absolute Gasteiger partial charge is 0.319 e. The van der Waals surface area contributed by atoms with Gasteiger partial charge in [0.2, 0.25) is 5.91 Å². The van der Waals surface area contributed by atoms with Gasteiger partial charge in [0.05, 0.1) is 6.04 Å². The van der Waals surface area contributed by atoms with E-state index in [1.54, 1.807) is 4.90 Å². The number of rotatable bonds is 3. The molecule has 2 N–H and O–H groups in total. The molecule has 1 unspecified atom stereocenters. The summed E-state index contributed by atoms with van der Waals surface area (Å²) in [6, 6.07) is 15.0. The maximum atomic E-state index is 12.2. The summed E-state index contributed by atoms with van der Waals surface area (Å²) < 4.78 is 0. The highest BCUT2D eigenvalue weighted by Gasteiger charge is 2.31. The highest BCUT2D eigenvalue weighted by atomic mass is 16.2. The molecule has 1 atom stereocenters. The fraction of sp³-hybridized carbons (Fsp3) is 0.263. The quantitative estimate of drug-likeness (QED) is 0.911. The zero-order valence-electron chi connectivity index (χ0n) is 13.9. The number of hydrogen-bond acceptors (Lipinski definition) is 2. The number of amides is 3. The van der Waals surface area contributed by atoms with E-state index in [2.05, 4.69) is 10.6 Å². The summed E-state index contributed by atoms with van der Waals surface area (Å²) in [5, 5.41) is 5.76. The number of nitrogens with zero attached hydrogens (tertiary/aromatic N) is 1. The van der Waals surface area contributed by atoms with E-state index in [0.717, 1.165) is 22.5 Å². The lowest BCUT2D eigenvalue weighted by atomic mass is 10.1. The van der Waals surface area contributed by atoms with Crippen LogP contribution in [-0.4, -0.2) is 24.5 Å². The number of urea groups is 1. The minimum Gasteiger partial charge on any atom is -0.333 e. The predicted octanol–water partition coefficient (Wildman–Crippen LogP) is 3.23. The van der Waals surface area contributed by atoms with Crippen molar-refractivity contribution in [1.29, 1.82) is 0 Å². The largest absolute Gasteiger partial charge is 0.333 e. The van der Waals surface area contributed by atoms with E-state index in [1.165, 1.54) is 0 Å². The first-order valence-electron chi connectivity index (χ1n) is 8.03. The van der Waals surface area contributed by atoms with Gasteiger partial charge in [-0.2, -0.15) is 0 Å². The van der Waals surface area contributed by atoms with Crippen molar-refractivity contribution in [3.8, 4) is 0 Å². The second-order valence-corrected chi connectivity index (χ2v) is 6.16. The Balaban J connectivity index is 1.61. The molecule has 1 aliphatic heterocycles. The lowest BCUT2D eigenvalue weighted by Crippen LogP contribution is -2.39. The molecule has 0 spiro atoms. The molecule has 24 heavy (non-hydrogen) atoms. The molecule has 3 rings (SSSR count). The summed E-state index contributed by atoms with van der Waals surface area (Å²) in [5.41, 5.74) is 3.74. The standard InChI is InChI=1S/C19H21N3O2/c1-13-8-9-14(2)17(10-13)21-19(24)20-15-11-18(23)22(12-15)16-6-4-3-5-7-16/h3-10,15H,11-12H2,1-2H3,(H2,20,21,24). The van der Waals surface area contributed by atoms with Crippen molar-refractivity contribution in [2.45, 2.75) is 26.3 Å². The van der Waals surface area contributed by atoms with Gasteiger partial charge >= 0.3 is 6.03 Å². The van der Waals surface area contributed by atoms with E-state index in [9.17, 15) is 9.59 Å². The first-order chi connectivity index (χ1) is 11.5. The summed E-state index contributed by atoms with van der Waals surface area (Å²) in [4.78, 5) is 26.1. The molecule has 2 aromatic rings. The fourth-order valence-electron chi connectivity index (χ4n) is 2.88. The average molecular weight is 323 g/mol. The Morgan fingerprint density at radius 1 is 1.12 bits per heavy atom. The maximum Gasteiger partial charge on any atom is 0.319 e. The van der Waals surface area contributed by atoms with Gasteiger partial charge in [0.1, 0.15) is 0 Å². The number of para-hydroxylation sites is 1. The van der Waals surface area contributed by atoms with E-state index >= 15 is 0 Å². The Morgan fingerprint density at radius 2 is 1.88 bits per heavy atom. The highest BCUT2D eigenvalue weighted by Crippen LogP contribution is 2.21. The van der Waals surface area contributed by atoms with Crippen LogP contribution in [0.15, 0.2) is 48.5 Å². The van der Waals surface area contributed by atoms with Crippen molar-refractivity contribution in [1.82, 2.24) is 5.32 Å². The third-order valence-electron chi connectivity index (χ3n) is 4.17. The topological polar surface area (TPSA) is 61.4 Å². The summed E-state index contributed by atoms with van der Waals surface area (Å²) >= 11 is 0. The van der Waals surface area contributed by atoms with Gasteiger partial charge in [-0.3, -0.25) is 4.79 Å². The molecule has 1 fully saturated rings. The molecule has 0 saturated carbocycles. The molecule has 0 aliphatic carbocycles. The third-order valence-corrected chi connectivity index (χ3v) is 4.17. The Morgan fingerprint density at radius 3 is 2.62 bits per heavy atom.